The Bertz CT molecular complexity index is 854. The number of rotatable bonds is 4. The monoisotopic (exact) mass is 307 g/mol. The van der Waals surface area contributed by atoms with E-state index < -0.39 is 5.91 Å². The Morgan fingerprint density at radius 1 is 1.09 bits per heavy atom. The number of hydrogen-bond acceptors (Lipinski definition) is 3. The number of carbonyl (C=O) groups is 1. The molecule has 0 unspecified atom stereocenters. The molecule has 0 saturated heterocycles. The molecule has 0 radical (unpaired) electrons. The molecule has 1 amide bonds. The second-order valence-corrected chi connectivity index (χ2v) is 5.11. The van der Waals surface area contributed by atoms with E-state index in [2.05, 4.69) is 4.98 Å². The fraction of sp³-hybridized carbons (Fsp3) is 0.111. The smallest absolute Gasteiger partial charge is 0.269 e. The third-order valence-electron chi connectivity index (χ3n) is 3.70. The number of amides is 1. The van der Waals surface area contributed by atoms with Gasteiger partial charge in [0.2, 0.25) is 0 Å². The van der Waals surface area contributed by atoms with E-state index in [4.69, 9.17) is 10.5 Å². The van der Waals surface area contributed by atoms with Crippen molar-refractivity contribution in [2.24, 2.45) is 5.73 Å². The number of ether oxygens (including phenoxy) is 1. The first-order valence-electron chi connectivity index (χ1n) is 7.21. The summed E-state index contributed by atoms with van der Waals surface area (Å²) in [6.45, 7) is 1.83. The van der Waals surface area contributed by atoms with E-state index in [9.17, 15) is 4.79 Å². The number of carbonyl (C=O) groups excluding carboxylic acids is 1. The number of aromatic nitrogens is 2. The summed E-state index contributed by atoms with van der Waals surface area (Å²) in [7, 11) is 1.61. The van der Waals surface area contributed by atoms with Crippen LogP contribution in [-0.4, -0.2) is 22.6 Å². The van der Waals surface area contributed by atoms with E-state index in [0.29, 0.717) is 17.3 Å². The zero-order valence-electron chi connectivity index (χ0n) is 13.0. The molecular formula is C18H17N3O2. The van der Waals surface area contributed by atoms with Crippen molar-refractivity contribution >= 4 is 5.91 Å². The van der Waals surface area contributed by atoms with Crippen molar-refractivity contribution in [3.63, 3.8) is 0 Å². The molecule has 1 aromatic heterocycles. The Balaban J connectivity index is 2.33. The Kier molecular flexibility index (Phi) is 3.85. The standard InChI is InChI=1S/C18H17N3O2/c1-12-16(17(19)22)20-18(13-8-4-3-5-9-13)21(12)14-10-6-7-11-15(14)23-2/h3-11H,1-2H3,(H2,19,22). The van der Waals surface area contributed by atoms with Crippen molar-refractivity contribution in [1.29, 1.82) is 0 Å². The quantitative estimate of drug-likeness (QED) is 0.805. The van der Waals surface area contributed by atoms with Gasteiger partial charge in [-0.25, -0.2) is 4.98 Å². The van der Waals surface area contributed by atoms with Gasteiger partial charge < -0.3 is 10.5 Å². The number of benzene rings is 2. The first-order valence-corrected chi connectivity index (χ1v) is 7.21. The lowest BCUT2D eigenvalue weighted by Crippen LogP contribution is -2.13. The highest BCUT2D eigenvalue weighted by Gasteiger charge is 2.21. The summed E-state index contributed by atoms with van der Waals surface area (Å²) >= 11 is 0. The van der Waals surface area contributed by atoms with Crippen LogP contribution >= 0.6 is 0 Å². The summed E-state index contributed by atoms with van der Waals surface area (Å²) in [6.07, 6.45) is 0. The van der Waals surface area contributed by atoms with Gasteiger partial charge in [-0.2, -0.15) is 0 Å². The zero-order valence-corrected chi connectivity index (χ0v) is 13.0. The number of nitrogens with two attached hydrogens (primary N) is 1. The molecule has 5 nitrogen and oxygen atoms in total. The fourth-order valence-electron chi connectivity index (χ4n) is 2.63. The summed E-state index contributed by atoms with van der Waals surface area (Å²) in [6, 6.07) is 17.3. The van der Waals surface area contributed by atoms with Crippen molar-refractivity contribution in [2.45, 2.75) is 6.92 Å². The summed E-state index contributed by atoms with van der Waals surface area (Å²) < 4.78 is 7.35. The van der Waals surface area contributed by atoms with Crippen molar-refractivity contribution in [2.75, 3.05) is 7.11 Å². The highest BCUT2D eigenvalue weighted by Crippen LogP contribution is 2.31. The molecule has 116 valence electrons. The molecule has 0 aliphatic heterocycles. The van der Waals surface area contributed by atoms with E-state index in [0.717, 1.165) is 11.3 Å². The highest BCUT2D eigenvalue weighted by molar-refractivity contribution is 5.93. The lowest BCUT2D eigenvalue weighted by Gasteiger charge is -2.14. The summed E-state index contributed by atoms with van der Waals surface area (Å²) in [5, 5.41) is 0. The SMILES string of the molecule is COc1ccccc1-n1c(-c2ccccc2)nc(C(N)=O)c1C. The lowest BCUT2D eigenvalue weighted by molar-refractivity contribution is 0.0995. The van der Waals surface area contributed by atoms with Crippen LogP contribution in [0.1, 0.15) is 16.2 Å². The van der Waals surface area contributed by atoms with E-state index in [1.165, 1.54) is 0 Å². The summed E-state index contributed by atoms with van der Waals surface area (Å²) in [5.74, 6) is 0.802. The molecular weight excluding hydrogens is 290 g/mol. The normalized spacial score (nSPS) is 10.5. The number of primary amides is 1. The van der Waals surface area contributed by atoms with Crippen molar-refractivity contribution < 1.29 is 9.53 Å². The molecule has 2 N–H and O–H groups in total. The van der Waals surface area contributed by atoms with Crippen molar-refractivity contribution in [1.82, 2.24) is 9.55 Å². The van der Waals surface area contributed by atoms with Crippen LogP contribution in [-0.2, 0) is 0 Å². The van der Waals surface area contributed by atoms with Crippen LogP contribution in [0, 0.1) is 6.92 Å². The predicted octanol–water partition coefficient (Wildman–Crippen LogP) is 2.96. The number of methoxy groups -OCH3 is 1. The molecule has 0 spiro atoms. The van der Waals surface area contributed by atoms with E-state index >= 15 is 0 Å². The second kappa shape index (κ2) is 5.96. The first-order chi connectivity index (χ1) is 11.1. The van der Waals surface area contributed by atoms with E-state index in [-0.39, 0.29) is 5.69 Å². The number of hydrogen-bond donors (Lipinski definition) is 1. The third kappa shape index (κ3) is 2.57. The van der Waals surface area contributed by atoms with Crippen LogP contribution in [0.4, 0.5) is 0 Å². The Morgan fingerprint density at radius 2 is 1.74 bits per heavy atom. The topological polar surface area (TPSA) is 70.1 Å². The van der Waals surface area contributed by atoms with Gasteiger partial charge in [-0.3, -0.25) is 9.36 Å². The molecule has 3 rings (SSSR count). The van der Waals surface area contributed by atoms with Crippen LogP contribution < -0.4 is 10.5 Å². The van der Waals surface area contributed by atoms with Gasteiger partial charge in [0.15, 0.2) is 0 Å². The van der Waals surface area contributed by atoms with Crippen molar-refractivity contribution in [3.8, 4) is 22.8 Å². The summed E-state index contributed by atoms with van der Waals surface area (Å²) in [5.41, 5.74) is 8.13. The fourth-order valence-corrected chi connectivity index (χ4v) is 2.63. The lowest BCUT2D eigenvalue weighted by atomic mass is 10.2. The van der Waals surface area contributed by atoms with Gasteiger partial charge in [0.05, 0.1) is 18.5 Å². The van der Waals surface area contributed by atoms with Crippen LogP contribution in [0.3, 0.4) is 0 Å². The molecule has 2 aromatic carbocycles. The average molecular weight is 307 g/mol. The minimum atomic E-state index is -0.548. The zero-order chi connectivity index (χ0) is 16.4. The number of imidazole rings is 1. The van der Waals surface area contributed by atoms with Crippen LogP contribution in [0.5, 0.6) is 5.75 Å². The molecule has 3 aromatic rings. The van der Waals surface area contributed by atoms with Gasteiger partial charge in [0.1, 0.15) is 17.3 Å². The van der Waals surface area contributed by atoms with Gasteiger partial charge in [0.25, 0.3) is 5.91 Å². The first kappa shape index (κ1) is 14.8. The van der Waals surface area contributed by atoms with Gasteiger partial charge in [-0.15, -0.1) is 0 Å². The van der Waals surface area contributed by atoms with Gasteiger partial charge >= 0.3 is 0 Å². The minimum absolute atomic E-state index is 0.259. The Morgan fingerprint density at radius 3 is 2.39 bits per heavy atom. The average Bonchev–Trinajstić information content (AvgIpc) is 2.93. The molecule has 23 heavy (non-hydrogen) atoms. The maximum Gasteiger partial charge on any atom is 0.269 e. The van der Waals surface area contributed by atoms with Crippen LogP contribution in [0.15, 0.2) is 54.6 Å². The van der Waals surface area contributed by atoms with Crippen molar-refractivity contribution in [3.05, 3.63) is 66.0 Å². The molecule has 0 bridgehead atoms. The largest absolute Gasteiger partial charge is 0.495 e. The van der Waals surface area contributed by atoms with Crippen LogP contribution in [0.2, 0.25) is 0 Å². The maximum absolute atomic E-state index is 11.7. The Labute approximate surface area is 134 Å². The molecule has 0 atom stereocenters. The molecule has 0 aliphatic carbocycles. The predicted molar refractivity (Wildman–Crippen MR) is 88.8 cm³/mol. The molecule has 0 aliphatic rings. The highest BCUT2D eigenvalue weighted by atomic mass is 16.5. The molecule has 5 heteroatoms. The second-order valence-electron chi connectivity index (χ2n) is 5.11. The van der Waals surface area contributed by atoms with Gasteiger partial charge in [0, 0.05) is 5.56 Å². The van der Waals surface area contributed by atoms with Crippen LogP contribution in [0.25, 0.3) is 17.1 Å². The number of nitrogens with zero attached hydrogens (tertiary/aromatic N) is 2. The third-order valence-corrected chi connectivity index (χ3v) is 3.70. The molecule has 1 heterocycles. The van der Waals surface area contributed by atoms with Gasteiger partial charge in [-0.05, 0) is 19.1 Å². The Hall–Kier alpha value is -3.08. The maximum atomic E-state index is 11.7. The van der Waals surface area contributed by atoms with Gasteiger partial charge in [-0.1, -0.05) is 42.5 Å². The van der Waals surface area contributed by atoms with E-state index in [1.807, 2.05) is 66.1 Å². The molecule has 0 fully saturated rings. The molecule has 0 saturated carbocycles. The number of para-hydroxylation sites is 2. The summed E-state index contributed by atoms with van der Waals surface area (Å²) in [4.78, 5) is 16.2. The van der Waals surface area contributed by atoms with E-state index in [1.54, 1.807) is 7.11 Å². The minimum Gasteiger partial charge on any atom is -0.495 e.